The summed E-state index contributed by atoms with van der Waals surface area (Å²) in [7, 11) is -3.17. The highest BCUT2D eigenvalue weighted by atomic mass is 32.2. The summed E-state index contributed by atoms with van der Waals surface area (Å²) in [5.74, 6) is 0.228. The Kier molecular flexibility index (Phi) is 4.02. The van der Waals surface area contributed by atoms with Crippen LogP contribution in [-0.2, 0) is 14.6 Å². The first kappa shape index (κ1) is 15.8. The second-order valence-corrected chi connectivity index (χ2v) is 8.45. The van der Waals surface area contributed by atoms with Crippen molar-refractivity contribution in [2.45, 2.75) is 49.6 Å². The van der Waals surface area contributed by atoms with Crippen molar-refractivity contribution in [2.24, 2.45) is 0 Å². The van der Waals surface area contributed by atoms with Crippen LogP contribution in [0.15, 0.2) is 29.2 Å². The summed E-state index contributed by atoms with van der Waals surface area (Å²) in [6.07, 6.45) is 1.62. The van der Waals surface area contributed by atoms with Crippen molar-refractivity contribution in [3.05, 3.63) is 29.8 Å². The van der Waals surface area contributed by atoms with Gasteiger partial charge in [0.1, 0.15) is 5.60 Å². The smallest absolute Gasteiger partial charge is 0.407 e. The zero-order valence-electron chi connectivity index (χ0n) is 12.7. The van der Waals surface area contributed by atoms with Crippen molar-refractivity contribution in [3.8, 4) is 0 Å². The lowest BCUT2D eigenvalue weighted by atomic mass is 10.1. The van der Waals surface area contributed by atoms with Gasteiger partial charge in [-0.25, -0.2) is 13.2 Å². The van der Waals surface area contributed by atoms with Gasteiger partial charge in [0.05, 0.1) is 4.90 Å². The summed E-state index contributed by atoms with van der Waals surface area (Å²) in [5, 5.41) is 2.82. The third-order valence-corrected chi connectivity index (χ3v) is 4.36. The van der Waals surface area contributed by atoms with Crippen LogP contribution >= 0.6 is 0 Å². The predicted molar refractivity (Wildman–Crippen MR) is 80.1 cm³/mol. The van der Waals surface area contributed by atoms with Gasteiger partial charge in [-0.15, -0.1) is 0 Å². The van der Waals surface area contributed by atoms with E-state index >= 15 is 0 Å². The molecule has 1 aliphatic carbocycles. The molecule has 1 aromatic carbocycles. The Labute approximate surface area is 125 Å². The predicted octanol–water partition coefficient (Wildman–Crippen LogP) is 2.47. The first-order chi connectivity index (χ1) is 9.56. The van der Waals surface area contributed by atoms with Gasteiger partial charge in [0, 0.05) is 18.2 Å². The second kappa shape index (κ2) is 5.33. The SMILES string of the molecule is CC(C)(C)OC(=O)NC1CC1c1ccc(S(C)(=O)=O)cc1. The molecular formula is C15H21NO4S. The Balaban J connectivity index is 1.93. The largest absolute Gasteiger partial charge is 0.444 e. The number of amides is 1. The van der Waals surface area contributed by atoms with Crippen LogP contribution in [-0.4, -0.2) is 32.4 Å². The lowest BCUT2D eigenvalue weighted by Gasteiger charge is -2.19. The molecule has 6 heteroatoms. The summed E-state index contributed by atoms with van der Waals surface area (Å²) >= 11 is 0. The van der Waals surface area contributed by atoms with Gasteiger partial charge >= 0.3 is 6.09 Å². The molecule has 0 radical (unpaired) electrons. The third kappa shape index (κ3) is 4.46. The molecule has 1 fully saturated rings. The highest BCUT2D eigenvalue weighted by Crippen LogP contribution is 2.41. The molecule has 0 heterocycles. The summed E-state index contributed by atoms with van der Waals surface area (Å²) in [4.78, 5) is 12.0. The maximum Gasteiger partial charge on any atom is 0.407 e. The van der Waals surface area contributed by atoms with E-state index in [0.717, 1.165) is 12.0 Å². The van der Waals surface area contributed by atoms with Gasteiger partial charge in [0.25, 0.3) is 0 Å². The number of nitrogens with one attached hydrogen (secondary N) is 1. The van der Waals surface area contributed by atoms with Crippen molar-refractivity contribution in [1.29, 1.82) is 0 Å². The Hall–Kier alpha value is -1.56. The van der Waals surface area contributed by atoms with Crippen LogP contribution in [0.2, 0.25) is 0 Å². The number of carbonyl (C=O) groups is 1. The molecule has 116 valence electrons. The normalized spacial score (nSPS) is 21.7. The molecule has 1 aliphatic rings. The van der Waals surface area contributed by atoms with Crippen LogP contribution in [0, 0.1) is 0 Å². The van der Waals surface area contributed by atoms with Crippen LogP contribution in [0.1, 0.15) is 38.7 Å². The molecule has 0 spiro atoms. The molecule has 0 saturated heterocycles. The topological polar surface area (TPSA) is 72.5 Å². The molecule has 5 nitrogen and oxygen atoms in total. The fourth-order valence-corrected chi connectivity index (χ4v) is 2.77. The molecule has 1 saturated carbocycles. The van der Waals surface area contributed by atoms with E-state index in [4.69, 9.17) is 4.74 Å². The molecule has 0 aromatic heterocycles. The van der Waals surface area contributed by atoms with E-state index in [2.05, 4.69) is 5.32 Å². The summed E-state index contributed by atoms with van der Waals surface area (Å²) in [5.41, 5.74) is 0.523. The number of sulfone groups is 1. The average Bonchev–Trinajstić information content (AvgIpc) is 3.04. The first-order valence-corrected chi connectivity index (χ1v) is 8.75. The van der Waals surface area contributed by atoms with Crippen LogP contribution in [0.4, 0.5) is 4.79 Å². The van der Waals surface area contributed by atoms with Crippen LogP contribution in [0.3, 0.4) is 0 Å². The zero-order valence-corrected chi connectivity index (χ0v) is 13.5. The molecular weight excluding hydrogens is 290 g/mol. The molecule has 1 amide bonds. The van der Waals surface area contributed by atoms with E-state index < -0.39 is 21.5 Å². The van der Waals surface area contributed by atoms with Crippen molar-refractivity contribution >= 4 is 15.9 Å². The maximum atomic E-state index is 11.7. The number of rotatable bonds is 3. The number of ether oxygens (including phenoxy) is 1. The minimum Gasteiger partial charge on any atom is -0.444 e. The van der Waals surface area contributed by atoms with E-state index in [1.165, 1.54) is 6.26 Å². The second-order valence-electron chi connectivity index (χ2n) is 6.44. The number of alkyl carbamates (subject to hydrolysis) is 1. The number of benzene rings is 1. The minimum absolute atomic E-state index is 0.0592. The Morgan fingerprint density at radius 2 is 1.81 bits per heavy atom. The van der Waals surface area contributed by atoms with Gasteiger partial charge in [-0.3, -0.25) is 0 Å². The summed E-state index contributed by atoms with van der Waals surface area (Å²) in [6, 6.07) is 6.88. The van der Waals surface area contributed by atoms with Gasteiger partial charge < -0.3 is 10.1 Å². The van der Waals surface area contributed by atoms with Crippen LogP contribution in [0.5, 0.6) is 0 Å². The summed E-state index contributed by atoms with van der Waals surface area (Å²) in [6.45, 7) is 5.46. The lowest BCUT2D eigenvalue weighted by Crippen LogP contribution is -2.34. The van der Waals surface area contributed by atoms with Gasteiger partial charge in [-0.1, -0.05) is 12.1 Å². The van der Waals surface area contributed by atoms with Crippen LogP contribution in [0.25, 0.3) is 0 Å². The number of carbonyl (C=O) groups excluding carboxylic acids is 1. The van der Waals surface area contributed by atoms with E-state index in [0.29, 0.717) is 4.90 Å². The Morgan fingerprint density at radius 1 is 1.24 bits per heavy atom. The van der Waals surface area contributed by atoms with Crippen molar-refractivity contribution in [3.63, 3.8) is 0 Å². The zero-order chi connectivity index (χ0) is 15.8. The van der Waals surface area contributed by atoms with E-state index in [1.807, 2.05) is 20.8 Å². The molecule has 21 heavy (non-hydrogen) atoms. The molecule has 2 atom stereocenters. The highest BCUT2D eigenvalue weighted by molar-refractivity contribution is 7.90. The van der Waals surface area contributed by atoms with Crippen molar-refractivity contribution < 1.29 is 17.9 Å². The van der Waals surface area contributed by atoms with Crippen LogP contribution < -0.4 is 5.32 Å². The first-order valence-electron chi connectivity index (χ1n) is 6.86. The van der Waals surface area contributed by atoms with E-state index in [-0.39, 0.29) is 12.0 Å². The molecule has 0 aliphatic heterocycles. The van der Waals surface area contributed by atoms with E-state index in [9.17, 15) is 13.2 Å². The lowest BCUT2D eigenvalue weighted by molar-refractivity contribution is 0.0523. The van der Waals surface area contributed by atoms with Gasteiger partial charge in [0.2, 0.25) is 0 Å². The Morgan fingerprint density at radius 3 is 2.29 bits per heavy atom. The van der Waals surface area contributed by atoms with Crippen molar-refractivity contribution in [1.82, 2.24) is 5.32 Å². The summed E-state index contributed by atoms with van der Waals surface area (Å²) < 4.78 is 28.0. The average molecular weight is 311 g/mol. The van der Waals surface area contributed by atoms with Gasteiger partial charge in [-0.2, -0.15) is 0 Å². The fourth-order valence-electron chi connectivity index (χ4n) is 2.14. The molecule has 2 unspecified atom stereocenters. The molecule has 1 aromatic rings. The third-order valence-electron chi connectivity index (χ3n) is 3.23. The number of hydrogen-bond acceptors (Lipinski definition) is 4. The Bertz CT molecular complexity index is 629. The van der Waals surface area contributed by atoms with E-state index in [1.54, 1.807) is 24.3 Å². The highest BCUT2D eigenvalue weighted by Gasteiger charge is 2.40. The molecule has 0 bridgehead atoms. The quantitative estimate of drug-likeness (QED) is 0.930. The maximum absolute atomic E-state index is 11.7. The molecule has 2 rings (SSSR count). The van der Waals surface area contributed by atoms with Crippen molar-refractivity contribution in [2.75, 3.05) is 6.26 Å². The minimum atomic E-state index is -3.17. The monoisotopic (exact) mass is 311 g/mol. The van der Waals surface area contributed by atoms with Gasteiger partial charge in [0.15, 0.2) is 9.84 Å². The standard InChI is InChI=1S/C15H21NO4S/c1-15(2,3)20-14(17)16-13-9-12(13)10-5-7-11(8-6-10)21(4,18)19/h5-8,12-13H,9H2,1-4H3,(H,16,17). The fraction of sp³-hybridized carbons (Fsp3) is 0.533. The van der Waals surface area contributed by atoms with Gasteiger partial charge in [-0.05, 0) is 44.9 Å². The number of hydrogen-bond donors (Lipinski definition) is 1. The molecule has 1 N–H and O–H groups in total.